The Morgan fingerprint density at radius 2 is 1.60 bits per heavy atom. The number of phenolic OH excluding ortho intramolecular Hbond substituents is 1. The lowest BCUT2D eigenvalue weighted by Gasteiger charge is -2.31. The summed E-state index contributed by atoms with van der Waals surface area (Å²) in [4.78, 5) is 32.0. The Morgan fingerprint density at radius 3 is 2.00 bits per heavy atom. The van der Waals surface area contributed by atoms with Crippen LogP contribution in [-0.2, 0) is 20.5 Å². The van der Waals surface area contributed by atoms with E-state index in [1.165, 1.54) is 19.1 Å². The number of benzene rings is 1. The average Bonchev–Trinajstić information content (AvgIpc) is 2.81. The van der Waals surface area contributed by atoms with Crippen molar-refractivity contribution in [3.05, 3.63) is 34.4 Å². The Balaban J connectivity index is 2.60. The first-order valence-electron chi connectivity index (χ1n) is 10.3. The molecule has 3 amide bonds. The van der Waals surface area contributed by atoms with Gasteiger partial charge in [-0.3, -0.25) is 14.5 Å². The average molecular weight is 417 g/mol. The molecule has 6 heteroatoms. The summed E-state index contributed by atoms with van der Waals surface area (Å²) in [5, 5.41) is 12.0. The van der Waals surface area contributed by atoms with E-state index in [-0.39, 0.29) is 16.7 Å². The molecular weight excluding hydrogens is 380 g/mol. The highest BCUT2D eigenvalue weighted by Crippen LogP contribution is 2.41. The highest BCUT2D eigenvalue weighted by molar-refractivity contribution is 6.09. The van der Waals surface area contributed by atoms with Crippen LogP contribution in [0, 0.1) is 0 Å². The van der Waals surface area contributed by atoms with Gasteiger partial charge in [-0.25, -0.2) is 9.86 Å². The first kappa shape index (κ1) is 23.9. The van der Waals surface area contributed by atoms with Crippen LogP contribution < -0.4 is 0 Å². The number of rotatable bonds is 2. The number of likely N-dealkylation sites (tertiary alicyclic amines) is 1. The highest BCUT2D eigenvalue weighted by atomic mass is 16.7. The number of nitrogens with zero attached hydrogens (tertiary/aromatic N) is 2. The van der Waals surface area contributed by atoms with Gasteiger partial charge in [0.05, 0.1) is 12.6 Å². The standard InChI is InChI=1S/C24H36N2O4/c1-22(2,3)17-12-15(13-18(19(17)27)23(4,5)6)11-16-14-24(7,8)26(20(16)28)21(29)25(9)30-10/h11-13,27H,14H2,1-10H3/b16-11-. The summed E-state index contributed by atoms with van der Waals surface area (Å²) >= 11 is 0. The van der Waals surface area contributed by atoms with Gasteiger partial charge in [-0.1, -0.05) is 41.5 Å². The van der Waals surface area contributed by atoms with Gasteiger partial charge in [-0.2, -0.15) is 0 Å². The van der Waals surface area contributed by atoms with E-state index in [4.69, 9.17) is 4.84 Å². The summed E-state index contributed by atoms with van der Waals surface area (Å²) in [6.45, 7) is 16.0. The Bertz CT molecular complexity index is 850. The van der Waals surface area contributed by atoms with Gasteiger partial charge in [-0.05, 0) is 48.4 Å². The summed E-state index contributed by atoms with van der Waals surface area (Å²) < 4.78 is 0. The number of hydrogen-bond donors (Lipinski definition) is 1. The SMILES string of the molecule is CON(C)C(=O)N1C(=O)/C(=C\c2cc(C(C)(C)C)c(O)c(C(C)(C)C)c2)CC1(C)C. The monoisotopic (exact) mass is 416 g/mol. The molecule has 0 bridgehead atoms. The molecule has 1 heterocycles. The number of phenols is 1. The second-order valence-electron chi connectivity index (χ2n) is 10.7. The quantitative estimate of drug-likeness (QED) is 0.544. The largest absolute Gasteiger partial charge is 0.507 e. The number of hydroxylamine groups is 2. The molecule has 1 aliphatic heterocycles. The number of imide groups is 1. The normalized spacial score (nSPS) is 18.3. The first-order chi connectivity index (χ1) is 13.5. The minimum atomic E-state index is -0.663. The third-order valence-corrected chi connectivity index (χ3v) is 5.53. The maximum absolute atomic E-state index is 13.1. The minimum Gasteiger partial charge on any atom is -0.507 e. The number of carbonyl (C=O) groups excluding carboxylic acids is 2. The zero-order valence-corrected chi connectivity index (χ0v) is 20.0. The van der Waals surface area contributed by atoms with Crippen LogP contribution >= 0.6 is 0 Å². The van der Waals surface area contributed by atoms with E-state index in [0.29, 0.717) is 17.7 Å². The zero-order chi connectivity index (χ0) is 23.2. The molecule has 1 N–H and O–H groups in total. The lowest BCUT2D eigenvalue weighted by molar-refractivity contribution is -0.130. The van der Waals surface area contributed by atoms with Crippen molar-refractivity contribution in [1.82, 2.24) is 9.96 Å². The van der Waals surface area contributed by atoms with E-state index in [1.54, 1.807) is 0 Å². The fourth-order valence-electron chi connectivity index (χ4n) is 3.80. The lowest BCUT2D eigenvalue weighted by Crippen LogP contribution is -2.50. The second-order valence-corrected chi connectivity index (χ2v) is 10.7. The van der Waals surface area contributed by atoms with Crippen LogP contribution in [0.2, 0.25) is 0 Å². The number of amides is 3. The first-order valence-corrected chi connectivity index (χ1v) is 10.3. The molecule has 0 spiro atoms. The van der Waals surface area contributed by atoms with E-state index in [1.807, 2.05) is 32.1 Å². The smallest absolute Gasteiger partial charge is 0.351 e. The van der Waals surface area contributed by atoms with Gasteiger partial charge in [-0.15, -0.1) is 0 Å². The van der Waals surface area contributed by atoms with Gasteiger partial charge in [0.1, 0.15) is 5.75 Å². The number of urea groups is 1. The van der Waals surface area contributed by atoms with Crippen molar-refractivity contribution >= 4 is 18.0 Å². The molecule has 0 saturated carbocycles. The molecule has 1 fully saturated rings. The van der Waals surface area contributed by atoms with Crippen molar-refractivity contribution in [2.75, 3.05) is 14.2 Å². The van der Waals surface area contributed by atoms with Crippen LogP contribution in [0.15, 0.2) is 17.7 Å². The fraction of sp³-hybridized carbons (Fsp3) is 0.583. The van der Waals surface area contributed by atoms with Crippen LogP contribution in [0.4, 0.5) is 4.79 Å². The molecule has 166 valence electrons. The predicted molar refractivity (Wildman–Crippen MR) is 119 cm³/mol. The Hall–Kier alpha value is -2.34. The molecule has 0 aliphatic carbocycles. The van der Waals surface area contributed by atoms with Crippen LogP contribution in [0.1, 0.15) is 78.5 Å². The molecule has 1 aromatic rings. The van der Waals surface area contributed by atoms with Crippen molar-refractivity contribution in [2.45, 2.75) is 78.2 Å². The highest BCUT2D eigenvalue weighted by Gasteiger charge is 2.46. The van der Waals surface area contributed by atoms with E-state index in [9.17, 15) is 14.7 Å². The summed E-state index contributed by atoms with van der Waals surface area (Å²) in [6, 6.07) is 3.38. The Morgan fingerprint density at radius 1 is 1.13 bits per heavy atom. The molecule has 1 aromatic carbocycles. The van der Waals surface area contributed by atoms with Crippen molar-refractivity contribution in [1.29, 1.82) is 0 Å². The van der Waals surface area contributed by atoms with E-state index >= 15 is 0 Å². The van der Waals surface area contributed by atoms with E-state index in [2.05, 4.69) is 41.5 Å². The van der Waals surface area contributed by atoms with Crippen LogP contribution in [0.25, 0.3) is 6.08 Å². The predicted octanol–water partition coefficient (Wildman–Crippen LogP) is 4.99. The molecule has 0 unspecified atom stereocenters. The Kier molecular flexibility index (Phi) is 6.17. The van der Waals surface area contributed by atoms with Gasteiger partial charge < -0.3 is 5.11 Å². The number of aromatic hydroxyl groups is 1. The zero-order valence-electron chi connectivity index (χ0n) is 20.0. The van der Waals surface area contributed by atoms with Gasteiger partial charge in [0.15, 0.2) is 0 Å². The molecule has 0 aromatic heterocycles. The summed E-state index contributed by atoms with van der Waals surface area (Å²) in [6.07, 6.45) is 2.28. The van der Waals surface area contributed by atoms with Gasteiger partial charge in [0.25, 0.3) is 5.91 Å². The molecule has 2 rings (SSSR count). The molecular formula is C24H36N2O4. The number of hydrogen-bond acceptors (Lipinski definition) is 4. The fourth-order valence-corrected chi connectivity index (χ4v) is 3.80. The maximum atomic E-state index is 13.1. The molecule has 0 radical (unpaired) electrons. The minimum absolute atomic E-state index is 0.263. The van der Waals surface area contributed by atoms with E-state index in [0.717, 1.165) is 21.8 Å². The van der Waals surface area contributed by atoms with Crippen molar-refractivity contribution in [2.24, 2.45) is 0 Å². The van der Waals surface area contributed by atoms with Crippen LogP contribution in [-0.4, -0.2) is 46.7 Å². The van der Waals surface area contributed by atoms with Crippen molar-refractivity contribution < 1.29 is 19.5 Å². The topological polar surface area (TPSA) is 70.1 Å². The molecule has 0 atom stereocenters. The van der Waals surface area contributed by atoms with E-state index < -0.39 is 11.6 Å². The lowest BCUT2D eigenvalue weighted by atomic mass is 9.78. The second kappa shape index (κ2) is 7.73. The third-order valence-electron chi connectivity index (χ3n) is 5.53. The Labute approximate surface area is 180 Å². The maximum Gasteiger partial charge on any atom is 0.351 e. The molecule has 6 nitrogen and oxygen atoms in total. The summed E-state index contributed by atoms with van der Waals surface area (Å²) in [5.74, 6) is -0.0228. The molecule has 1 aliphatic rings. The summed E-state index contributed by atoms with van der Waals surface area (Å²) in [7, 11) is 2.87. The van der Waals surface area contributed by atoms with Gasteiger partial charge >= 0.3 is 6.03 Å². The van der Waals surface area contributed by atoms with Crippen LogP contribution in [0.5, 0.6) is 5.75 Å². The van der Waals surface area contributed by atoms with Crippen LogP contribution in [0.3, 0.4) is 0 Å². The third kappa shape index (κ3) is 4.53. The van der Waals surface area contributed by atoms with Gasteiger partial charge in [0.2, 0.25) is 0 Å². The van der Waals surface area contributed by atoms with Gasteiger partial charge in [0, 0.05) is 30.2 Å². The summed E-state index contributed by atoms with van der Waals surface area (Å²) in [5.41, 5.74) is 1.88. The van der Waals surface area contributed by atoms with Crippen molar-refractivity contribution in [3.8, 4) is 5.75 Å². The molecule has 1 saturated heterocycles. The van der Waals surface area contributed by atoms with Crippen molar-refractivity contribution in [3.63, 3.8) is 0 Å². The number of carbonyl (C=O) groups is 2. The molecule has 30 heavy (non-hydrogen) atoms.